The van der Waals surface area contributed by atoms with Crippen LogP contribution in [-0.4, -0.2) is 27.2 Å². The maximum absolute atomic E-state index is 12.0. The van der Waals surface area contributed by atoms with E-state index in [-0.39, 0.29) is 16.7 Å². The molecule has 142 valence electrons. The van der Waals surface area contributed by atoms with Gasteiger partial charge in [-0.15, -0.1) is 0 Å². The van der Waals surface area contributed by atoms with Crippen LogP contribution < -0.4 is 0 Å². The molecular formula is C22H36O3. The van der Waals surface area contributed by atoms with Crippen LogP contribution in [0.4, 0.5) is 0 Å². The third kappa shape index (κ3) is 2.34. The Bertz CT molecular complexity index is 578. The number of rotatable bonds is 1. The van der Waals surface area contributed by atoms with Crippen molar-refractivity contribution in [3.63, 3.8) is 0 Å². The quantitative estimate of drug-likeness (QED) is 0.750. The molecule has 0 bridgehead atoms. The first-order chi connectivity index (χ1) is 11.5. The van der Waals surface area contributed by atoms with Crippen molar-refractivity contribution >= 4 is 5.78 Å². The highest BCUT2D eigenvalue weighted by Gasteiger charge is 2.67. The van der Waals surface area contributed by atoms with E-state index >= 15 is 0 Å². The van der Waals surface area contributed by atoms with Crippen LogP contribution in [0.25, 0.3) is 0 Å². The molecule has 25 heavy (non-hydrogen) atoms. The summed E-state index contributed by atoms with van der Waals surface area (Å²) in [5.74, 6) is 1.79. The van der Waals surface area contributed by atoms with Crippen molar-refractivity contribution in [3.8, 4) is 0 Å². The molecule has 4 saturated carbocycles. The number of carbonyl (C=O) groups excluding carboxylic acids is 1. The molecule has 4 aliphatic rings. The topological polar surface area (TPSA) is 57.5 Å². The van der Waals surface area contributed by atoms with Gasteiger partial charge in [-0.05, 0) is 93.3 Å². The number of ketones is 1. The van der Waals surface area contributed by atoms with Gasteiger partial charge in [-0.2, -0.15) is 0 Å². The fraction of sp³-hybridized carbons (Fsp3) is 0.955. The van der Waals surface area contributed by atoms with Crippen molar-refractivity contribution in [2.24, 2.45) is 34.5 Å². The predicted octanol–water partition coefficient (Wildman–Crippen LogP) is 4.10. The Kier molecular flexibility index (Phi) is 3.82. The molecule has 2 N–H and O–H groups in total. The maximum atomic E-state index is 12.0. The second-order valence-electron chi connectivity index (χ2n) is 10.9. The largest absolute Gasteiger partial charge is 0.390 e. The minimum absolute atomic E-state index is 0.0389. The van der Waals surface area contributed by atoms with Crippen molar-refractivity contribution in [3.05, 3.63) is 0 Å². The van der Waals surface area contributed by atoms with Crippen molar-refractivity contribution in [2.45, 2.75) is 96.7 Å². The average Bonchev–Trinajstić information content (AvgIpc) is 2.87. The van der Waals surface area contributed by atoms with Crippen molar-refractivity contribution < 1.29 is 15.0 Å². The normalized spacial score (nSPS) is 53.1. The van der Waals surface area contributed by atoms with Gasteiger partial charge in [0.25, 0.3) is 0 Å². The van der Waals surface area contributed by atoms with Gasteiger partial charge < -0.3 is 10.2 Å². The van der Waals surface area contributed by atoms with Crippen LogP contribution in [0.2, 0.25) is 0 Å². The van der Waals surface area contributed by atoms with Gasteiger partial charge in [-0.1, -0.05) is 13.8 Å². The minimum atomic E-state index is -0.676. The Balaban J connectivity index is 1.69. The molecule has 0 saturated heterocycles. The van der Waals surface area contributed by atoms with Crippen LogP contribution in [0, 0.1) is 34.5 Å². The van der Waals surface area contributed by atoms with Crippen LogP contribution in [0.1, 0.15) is 85.5 Å². The lowest BCUT2D eigenvalue weighted by Crippen LogP contribution is -2.64. The molecule has 4 fully saturated rings. The van der Waals surface area contributed by atoms with Gasteiger partial charge in [0.1, 0.15) is 5.78 Å². The Morgan fingerprint density at radius 1 is 0.960 bits per heavy atom. The molecule has 3 nitrogen and oxygen atoms in total. The van der Waals surface area contributed by atoms with E-state index in [0.717, 1.165) is 51.4 Å². The number of fused-ring (bicyclic) bond motifs is 5. The van der Waals surface area contributed by atoms with Crippen LogP contribution in [0.3, 0.4) is 0 Å². The molecular weight excluding hydrogens is 312 g/mol. The molecule has 0 aliphatic heterocycles. The van der Waals surface area contributed by atoms with Crippen molar-refractivity contribution in [2.75, 3.05) is 0 Å². The fourth-order valence-corrected chi connectivity index (χ4v) is 8.28. The highest BCUT2D eigenvalue weighted by molar-refractivity contribution is 5.79. The first kappa shape index (κ1) is 18.0. The van der Waals surface area contributed by atoms with E-state index in [1.165, 1.54) is 0 Å². The highest BCUT2D eigenvalue weighted by atomic mass is 16.3. The number of hydrogen-bond donors (Lipinski definition) is 2. The van der Waals surface area contributed by atoms with E-state index in [2.05, 4.69) is 13.8 Å². The van der Waals surface area contributed by atoms with Gasteiger partial charge >= 0.3 is 0 Å². The number of aliphatic hydroxyl groups is 2. The molecule has 0 heterocycles. The third-order valence-electron chi connectivity index (χ3n) is 9.41. The molecule has 3 heteroatoms. The second-order valence-corrected chi connectivity index (χ2v) is 10.9. The minimum Gasteiger partial charge on any atom is -0.390 e. The molecule has 0 aromatic heterocycles. The van der Waals surface area contributed by atoms with Crippen LogP contribution in [0.15, 0.2) is 0 Å². The smallest absolute Gasteiger partial charge is 0.133 e. The number of Topliss-reactive ketones (excluding diaryl/α,β-unsaturated/α-hetero) is 1. The fourth-order valence-electron chi connectivity index (χ4n) is 8.28. The van der Waals surface area contributed by atoms with Gasteiger partial charge in [0.15, 0.2) is 0 Å². The molecule has 0 radical (unpaired) electrons. The first-order valence-electron chi connectivity index (χ1n) is 10.5. The Morgan fingerprint density at radius 3 is 2.32 bits per heavy atom. The van der Waals surface area contributed by atoms with Crippen molar-refractivity contribution in [1.82, 2.24) is 0 Å². The maximum Gasteiger partial charge on any atom is 0.133 e. The zero-order valence-corrected chi connectivity index (χ0v) is 16.5. The van der Waals surface area contributed by atoms with E-state index < -0.39 is 11.2 Å². The van der Waals surface area contributed by atoms with Gasteiger partial charge in [0.05, 0.1) is 11.2 Å². The molecule has 0 aromatic carbocycles. The average molecular weight is 349 g/mol. The summed E-state index contributed by atoms with van der Waals surface area (Å²) in [6.45, 7) is 8.60. The Hall–Kier alpha value is -0.410. The van der Waals surface area contributed by atoms with Crippen LogP contribution in [0.5, 0.6) is 0 Å². The zero-order valence-electron chi connectivity index (χ0n) is 16.5. The lowest BCUT2D eigenvalue weighted by atomic mass is 9.42. The molecule has 0 aromatic rings. The van der Waals surface area contributed by atoms with E-state index in [4.69, 9.17) is 0 Å². The summed E-state index contributed by atoms with van der Waals surface area (Å²) in [7, 11) is 0. The van der Waals surface area contributed by atoms with Gasteiger partial charge in [-0.3, -0.25) is 4.79 Å². The number of carbonyl (C=O) groups is 1. The zero-order chi connectivity index (χ0) is 18.3. The molecule has 4 aliphatic carbocycles. The molecule has 7 atom stereocenters. The second kappa shape index (κ2) is 5.32. The van der Waals surface area contributed by atoms with Crippen LogP contribution >= 0.6 is 0 Å². The lowest BCUT2D eigenvalue weighted by molar-refractivity contribution is -0.226. The SMILES string of the molecule is CC(C)(O)C1CCC2C1(C)CCC1C3(C)CCC(=O)CC3CCC12O. The number of hydrogen-bond acceptors (Lipinski definition) is 3. The van der Waals surface area contributed by atoms with Crippen molar-refractivity contribution in [1.29, 1.82) is 0 Å². The van der Waals surface area contributed by atoms with E-state index in [9.17, 15) is 15.0 Å². The molecule has 0 spiro atoms. The van der Waals surface area contributed by atoms with Gasteiger partial charge in [0.2, 0.25) is 0 Å². The third-order valence-corrected chi connectivity index (χ3v) is 9.41. The summed E-state index contributed by atoms with van der Waals surface area (Å²) in [6, 6.07) is 0. The summed E-state index contributed by atoms with van der Waals surface area (Å²) >= 11 is 0. The van der Waals surface area contributed by atoms with Gasteiger partial charge in [0, 0.05) is 12.8 Å². The molecule has 4 rings (SSSR count). The highest BCUT2D eigenvalue weighted by Crippen LogP contribution is 2.69. The summed E-state index contributed by atoms with van der Waals surface area (Å²) in [5, 5.41) is 22.8. The predicted molar refractivity (Wildman–Crippen MR) is 98.0 cm³/mol. The standard InChI is InChI=1S/C22H36O3/c1-19(2,24)16-5-6-17-21(16,4)11-9-18-20(3)10-8-15(23)13-14(20)7-12-22(17,18)25/h14,16-18,24-25H,5-13H2,1-4H3. The summed E-state index contributed by atoms with van der Waals surface area (Å²) in [6.07, 6.45) is 8.47. The van der Waals surface area contributed by atoms with E-state index in [1.54, 1.807) is 0 Å². The summed E-state index contributed by atoms with van der Waals surface area (Å²) in [5.41, 5.74) is -1.12. The Morgan fingerprint density at radius 2 is 1.64 bits per heavy atom. The first-order valence-corrected chi connectivity index (χ1v) is 10.5. The summed E-state index contributed by atoms with van der Waals surface area (Å²) in [4.78, 5) is 12.0. The van der Waals surface area contributed by atoms with Gasteiger partial charge in [-0.25, -0.2) is 0 Å². The molecule has 7 unspecified atom stereocenters. The molecule has 0 amide bonds. The lowest BCUT2D eigenvalue weighted by Gasteiger charge is -2.64. The monoisotopic (exact) mass is 348 g/mol. The van der Waals surface area contributed by atoms with E-state index in [1.807, 2.05) is 13.8 Å². The van der Waals surface area contributed by atoms with Crippen LogP contribution in [-0.2, 0) is 4.79 Å². The van der Waals surface area contributed by atoms with E-state index in [0.29, 0.717) is 30.0 Å². The summed E-state index contributed by atoms with van der Waals surface area (Å²) < 4.78 is 0. The Labute approximate surface area is 152 Å².